The summed E-state index contributed by atoms with van der Waals surface area (Å²) in [7, 11) is 0. The molecule has 0 saturated carbocycles. The van der Waals surface area contributed by atoms with Gasteiger partial charge in [-0.2, -0.15) is 0 Å². The van der Waals surface area contributed by atoms with E-state index < -0.39 is 0 Å². The maximum atomic E-state index is 3.40. The third-order valence-electron chi connectivity index (χ3n) is 4.11. The van der Waals surface area contributed by atoms with Crippen LogP contribution in [-0.2, 0) is 12.8 Å². The van der Waals surface area contributed by atoms with Gasteiger partial charge in [-0.3, -0.25) is 0 Å². The molecule has 0 aliphatic heterocycles. The van der Waals surface area contributed by atoms with E-state index in [2.05, 4.69) is 48.1 Å². The van der Waals surface area contributed by atoms with Crippen molar-refractivity contribution in [3.63, 3.8) is 0 Å². The number of rotatable bonds is 3. The normalized spacial score (nSPS) is 19.1. The fourth-order valence-corrected chi connectivity index (χ4v) is 3.25. The maximum Gasteiger partial charge on any atom is 0.0459 e. The molecule has 1 aliphatic rings. The van der Waals surface area contributed by atoms with Crippen LogP contribution in [-0.4, -0.2) is 29.0 Å². The summed E-state index contributed by atoms with van der Waals surface area (Å²) in [6.07, 6.45) is 4.59. The minimum Gasteiger partial charge on any atom is -0.361 e. The lowest BCUT2D eigenvalue weighted by Crippen LogP contribution is -2.39. The van der Waals surface area contributed by atoms with E-state index in [0.29, 0.717) is 6.04 Å². The van der Waals surface area contributed by atoms with E-state index in [9.17, 15) is 0 Å². The summed E-state index contributed by atoms with van der Waals surface area (Å²) in [5, 5.41) is 1.48. The monoisotopic (exact) mass is 228 g/mol. The van der Waals surface area contributed by atoms with Crippen molar-refractivity contribution in [2.24, 2.45) is 0 Å². The minimum atomic E-state index is 0.680. The highest BCUT2D eigenvalue weighted by molar-refractivity contribution is 5.87. The van der Waals surface area contributed by atoms with Gasteiger partial charge in [0.15, 0.2) is 0 Å². The summed E-state index contributed by atoms with van der Waals surface area (Å²) < 4.78 is 0. The molecular weight excluding hydrogens is 208 g/mol. The molecule has 1 aromatic heterocycles. The van der Waals surface area contributed by atoms with Crippen molar-refractivity contribution in [1.29, 1.82) is 0 Å². The molecule has 0 spiro atoms. The van der Waals surface area contributed by atoms with E-state index in [1.54, 1.807) is 0 Å². The average Bonchev–Trinajstić information content (AvgIpc) is 2.76. The fraction of sp³-hybridized carbons (Fsp3) is 0.467. The van der Waals surface area contributed by atoms with Crippen LogP contribution in [0.2, 0.25) is 0 Å². The van der Waals surface area contributed by atoms with Crippen molar-refractivity contribution in [3.05, 3.63) is 35.5 Å². The Labute approximate surface area is 103 Å². The molecule has 2 nitrogen and oxygen atoms in total. The van der Waals surface area contributed by atoms with Crippen LogP contribution in [0.5, 0.6) is 0 Å². The van der Waals surface area contributed by atoms with Gasteiger partial charge in [0.25, 0.3) is 0 Å². The molecule has 1 atom stereocenters. The Balaban J connectivity index is 2.01. The Morgan fingerprint density at radius 1 is 1.18 bits per heavy atom. The molecule has 2 aromatic rings. The zero-order valence-electron chi connectivity index (χ0n) is 10.7. The summed E-state index contributed by atoms with van der Waals surface area (Å²) in [6, 6.07) is 7.32. The van der Waals surface area contributed by atoms with Crippen molar-refractivity contribution < 1.29 is 0 Å². The summed E-state index contributed by atoms with van der Waals surface area (Å²) in [4.78, 5) is 5.98. The molecule has 0 radical (unpaired) electrons. The molecule has 1 heterocycles. The molecule has 1 aromatic carbocycles. The minimum absolute atomic E-state index is 0.680. The zero-order chi connectivity index (χ0) is 11.8. The second-order valence-corrected chi connectivity index (χ2v) is 4.94. The first-order valence-corrected chi connectivity index (χ1v) is 6.65. The van der Waals surface area contributed by atoms with Crippen molar-refractivity contribution in [2.45, 2.75) is 32.7 Å². The van der Waals surface area contributed by atoms with Crippen LogP contribution in [0.25, 0.3) is 10.9 Å². The molecule has 17 heavy (non-hydrogen) atoms. The first-order valence-electron chi connectivity index (χ1n) is 6.65. The summed E-state index contributed by atoms with van der Waals surface area (Å²) in [6.45, 7) is 6.82. The Kier molecular flexibility index (Phi) is 2.67. The van der Waals surface area contributed by atoms with E-state index in [1.165, 1.54) is 34.9 Å². The van der Waals surface area contributed by atoms with Gasteiger partial charge in [0.05, 0.1) is 0 Å². The molecule has 90 valence electrons. The van der Waals surface area contributed by atoms with Gasteiger partial charge in [0.2, 0.25) is 0 Å². The molecule has 3 rings (SSSR count). The lowest BCUT2D eigenvalue weighted by molar-refractivity contribution is 0.212. The number of H-pyrrole nitrogens is 1. The highest BCUT2D eigenvalue weighted by Crippen LogP contribution is 2.31. The van der Waals surface area contributed by atoms with Crippen molar-refractivity contribution in [1.82, 2.24) is 9.88 Å². The largest absolute Gasteiger partial charge is 0.361 e. The molecule has 0 fully saturated rings. The Morgan fingerprint density at radius 3 is 2.71 bits per heavy atom. The average molecular weight is 228 g/mol. The van der Waals surface area contributed by atoms with Crippen LogP contribution in [0.1, 0.15) is 25.0 Å². The summed E-state index contributed by atoms with van der Waals surface area (Å²) in [5.41, 5.74) is 4.32. The molecule has 0 unspecified atom stereocenters. The standard InChI is InChI=1S/C15H20N2/c1-3-17(4-2)13-8-11-6-5-7-14-15(11)12(9-13)10-16-14/h5-7,10,13,16H,3-4,8-9H2,1-2H3/t13-/m0/s1. The molecule has 2 heteroatoms. The van der Waals surface area contributed by atoms with E-state index >= 15 is 0 Å². The number of aromatic amines is 1. The predicted octanol–water partition coefficient (Wildman–Crippen LogP) is 2.98. The van der Waals surface area contributed by atoms with Crippen molar-refractivity contribution in [2.75, 3.05) is 13.1 Å². The van der Waals surface area contributed by atoms with Gasteiger partial charge in [0.1, 0.15) is 0 Å². The smallest absolute Gasteiger partial charge is 0.0459 e. The summed E-state index contributed by atoms with van der Waals surface area (Å²) >= 11 is 0. The van der Waals surface area contributed by atoms with Crippen LogP contribution in [0, 0.1) is 0 Å². The fourth-order valence-electron chi connectivity index (χ4n) is 3.25. The third kappa shape index (κ3) is 1.67. The first-order chi connectivity index (χ1) is 8.33. The number of likely N-dealkylation sites (N-methyl/N-ethyl adjacent to an activating group) is 1. The van der Waals surface area contributed by atoms with E-state index in [4.69, 9.17) is 0 Å². The van der Waals surface area contributed by atoms with Crippen molar-refractivity contribution >= 4 is 10.9 Å². The van der Waals surface area contributed by atoms with Crippen LogP contribution >= 0.6 is 0 Å². The van der Waals surface area contributed by atoms with E-state index in [1.807, 2.05) is 0 Å². The number of hydrogen-bond donors (Lipinski definition) is 1. The quantitative estimate of drug-likeness (QED) is 0.855. The van der Waals surface area contributed by atoms with Gasteiger partial charge < -0.3 is 9.88 Å². The lowest BCUT2D eigenvalue weighted by atomic mass is 9.88. The van der Waals surface area contributed by atoms with E-state index in [0.717, 1.165) is 13.1 Å². The first kappa shape index (κ1) is 10.8. The number of nitrogens with one attached hydrogen (secondary N) is 1. The molecule has 1 aliphatic carbocycles. The van der Waals surface area contributed by atoms with Crippen LogP contribution < -0.4 is 0 Å². The highest BCUT2D eigenvalue weighted by atomic mass is 15.1. The molecule has 0 bridgehead atoms. The van der Waals surface area contributed by atoms with Gasteiger partial charge in [-0.15, -0.1) is 0 Å². The third-order valence-corrected chi connectivity index (χ3v) is 4.11. The number of hydrogen-bond acceptors (Lipinski definition) is 1. The van der Waals surface area contributed by atoms with Gasteiger partial charge >= 0.3 is 0 Å². The SMILES string of the molecule is CCN(CC)[C@H]1Cc2cccc3[nH]cc(c23)C1. The second-order valence-electron chi connectivity index (χ2n) is 4.94. The number of benzene rings is 1. The van der Waals surface area contributed by atoms with E-state index in [-0.39, 0.29) is 0 Å². The Hall–Kier alpha value is -1.28. The molecule has 0 saturated heterocycles. The molecule has 1 N–H and O–H groups in total. The Bertz CT molecular complexity index is 523. The molecule has 0 amide bonds. The second kappa shape index (κ2) is 4.19. The maximum absolute atomic E-state index is 3.40. The summed E-state index contributed by atoms with van der Waals surface area (Å²) in [5.74, 6) is 0. The van der Waals surface area contributed by atoms with Gasteiger partial charge in [0, 0.05) is 23.1 Å². The number of aromatic nitrogens is 1. The predicted molar refractivity (Wildman–Crippen MR) is 72.4 cm³/mol. The Morgan fingerprint density at radius 2 is 1.94 bits per heavy atom. The van der Waals surface area contributed by atoms with Crippen LogP contribution in [0.15, 0.2) is 24.4 Å². The lowest BCUT2D eigenvalue weighted by Gasteiger charge is -2.32. The topological polar surface area (TPSA) is 19.0 Å². The van der Waals surface area contributed by atoms with Crippen LogP contribution in [0.3, 0.4) is 0 Å². The molecular formula is C15H20N2. The van der Waals surface area contributed by atoms with Crippen LogP contribution in [0.4, 0.5) is 0 Å². The van der Waals surface area contributed by atoms with Gasteiger partial charge in [-0.05, 0) is 43.1 Å². The highest BCUT2D eigenvalue weighted by Gasteiger charge is 2.24. The van der Waals surface area contributed by atoms with Gasteiger partial charge in [-0.1, -0.05) is 26.0 Å². The van der Waals surface area contributed by atoms with Gasteiger partial charge in [-0.25, -0.2) is 0 Å². The number of nitrogens with zero attached hydrogens (tertiary/aromatic N) is 1. The van der Waals surface area contributed by atoms with Crippen molar-refractivity contribution in [3.8, 4) is 0 Å². The zero-order valence-corrected chi connectivity index (χ0v) is 10.7.